The Morgan fingerprint density at radius 3 is 2.02 bits per heavy atom. The minimum absolute atomic E-state index is 0.0122. The molecule has 4 aromatic carbocycles. The normalized spacial score (nSPS) is 12.3. The van der Waals surface area contributed by atoms with Crippen LogP contribution in [0, 0.1) is 19.7 Å². The van der Waals surface area contributed by atoms with Gasteiger partial charge in [-0.1, -0.05) is 77.9 Å². The first kappa shape index (κ1) is 33.4. The molecule has 2 amide bonds. The Balaban J connectivity index is 1.81. The van der Waals surface area contributed by atoms with Gasteiger partial charge in [0, 0.05) is 18.5 Å². The van der Waals surface area contributed by atoms with Gasteiger partial charge >= 0.3 is 0 Å². The second kappa shape index (κ2) is 14.1. The summed E-state index contributed by atoms with van der Waals surface area (Å²) in [6, 6.07) is 27.3. The molecule has 0 radical (unpaired) electrons. The molecule has 0 spiro atoms. The van der Waals surface area contributed by atoms with E-state index >= 15 is 0 Å². The van der Waals surface area contributed by atoms with Crippen molar-refractivity contribution in [1.29, 1.82) is 0 Å². The third-order valence-corrected chi connectivity index (χ3v) is 9.00. The highest BCUT2D eigenvalue weighted by molar-refractivity contribution is 7.92. The molecule has 0 saturated carbocycles. The van der Waals surface area contributed by atoms with Crippen LogP contribution in [0.3, 0.4) is 0 Å². The Labute approximate surface area is 265 Å². The highest BCUT2D eigenvalue weighted by Gasteiger charge is 2.35. The third-order valence-electron chi connectivity index (χ3n) is 7.21. The Morgan fingerprint density at radius 2 is 1.42 bits per heavy atom. The van der Waals surface area contributed by atoms with E-state index in [1.807, 2.05) is 89.2 Å². The summed E-state index contributed by atoms with van der Waals surface area (Å²) >= 11 is 0. The molecule has 236 valence electrons. The van der Waals surface area contributed by atoms with Crippen molar-refractivity contribution < 1.29 is 22.4 Å². The van der Waals surface area contributed by atoms with Crippen molar-refractivity contribution >= 4 is 27.5 Å². The predicted molar refractivity (Wildman–Crippen MR) is 176 cm³/mol. The Bertz CT molecular complexity index is 1720. The number of anilines is 1. The number of carbonyl (C=O) groups is 2. The van der Waals surface area contributed by atoms with E-state index in [1.165, 1.54) is 29.2 Å². The molecule has 0 bridgehead atoms. The van der Waals surface area contributed by atoms with Gasteiger partial charge in [0.05, 0.1) is 10.6 Å². The monoisotopic (exact) mass is 629 g/mol. The highest BCUT2D eigenvalue weighted by Crippen LogP contribution is 2.26. The van der Waals surface area contributed by atoms with Gasteiger partial charge in [0.1, 0.15) is 18.4 Å². The lowest BCUT2D eigenvalue weighted by Crippen LogP contribution is -2.56. The first-order chi connectivity index (χ1) is 21.2. The predicted octanol–water partition coefficient (Wildman–Crippen LogP) is 6.19. The molecule has 0 saturated heterocycles. The summed E-state index contributed by atoms with van der Waals surface area (Å²) in [6.07, 6.45) is 0.210. The molecule has 7 nitrogen and oxygen atoms in total. The minimum Gasteiger partial charge on any atom is -0.350 e. The molecule has 45 heavy (non-hydrogen) atoms. The number of amides is 2. The molecule has 0 unspecified atom stereocenters. The van der Waals surface area contributed by atoms with Crippen LogP contribution in [0.4, 0.5) is 10.1 Å². The van der Waals surface area contributed by atoms with Crippen molar-refractivity contribution in [3.05, 3.63) is 131 Å². The fourth-order valence-corrected chi connectivity index (χ4v) is 6.40. The molecule has 0 fully saturated rings. The van der Waals surface area contributed by atoms with E-state index in [4.69, 9.17) is 0 Å². The molecule has 0 heterocycles. The van der Waals surface area contributed by atoms with Crippen LogP contribution < -0.4 is 9.62 Å². The first-order valence-electron chi connectivity index (χ1n) is 14.8. The van der Waals surface area contributed by atoms with Gasteiger partial charge in [-0.05, 0) is 82.1 Å². The molecule has 0 aliphatic rings. The smallest absolute Gasteiger partial charge is 0.264 e. The summed E-state index contributed by atoms with van der Waals surface area (Å²) in [5.74, 6) is -1.48. The molecule has 0 aliphatic heterocycles. The van der Waals surface area contributed by atoms with Crippen molar-refractivity contribution in [3.63, 3.8) is 0 Å². The molecule has 4 rings (SSSR count). The minimum atomic E-state index is -4.26. The molecule has 0 aromatic heterocycles. The van der Waals surface area contributed by atoms with Gasteiger partial charge in [0.25, 0.3) is 10.0 Å². The second-order valence-electron chi connectivity index (χ2n) is 12.3. The molecule has 1 N–H and O–H groups in total. The highest BCUT2D eigenvalue weighted by atomic mass is 32.2. The maximum atomic E-state index is 14.5. The number of hydrogen-bond donors (Lipinski definition) is 1. The SMILES string of the molecule is Cc1ccc(S(=O)(=O)N(CC(=O)N(Cc2cccc(C)c2)[C@@H](Cc2ccccc2)C(=O)NC(C)(C)C)c2ccc(F)cc2)cc1. The number of halogens is 1. The molecule has 1 atom stereocenters. The second-order valence-corrected chi connectivity index (χ2v) is 14.1. The van der Waals surface area contributed by atoms with E-state index in [1.54, 1.807) is 12.1 Å². The van der Waals surface area contributed by atoms with Gasteiger partial charge in [-0.2, -0.15) is 0 Å². The summed E-state index contributed by atoms with van der Waals surface area (Å²) < 4.78 is 43.0. The van der Waals surface area contributed by atoms with Crippen LogP contribution in [0.2, 0.25) is 0 Å². The fraction of sp³-hybridized carbons (Fsp3) is 0.278. The van der Waals surface area contributed by atoms with Gasteiger partial charge in [-0.25, -0.2) is 12.8 Å². The maximum Gasteiger partial charge on any atom is 0.264 e. The number of carbonyl (C=O) groups excluding carboxylic acids is 2. The van der Waals surface area contributed by atoms with Crippen LogP contribution in [0.1, 0.15) is 43.0 Å². The quantitative estimate of drug-likeness (QED) is 0.214. The van der Waals surface area contributed by atoms with Crippen molar-refractivity contribution in [3.8, 4) is 0 Å². The summed E-state index contributed by atoms with van der Waals surface area (Å²) in [5.41, 5.74) is 3.03. The van der Waals surface area contributed by atoms with Crippen molar-refractivity contribution in [1.82, 2.24) is 10.2 Å². The average Bonchev–Trinajstić information content (AvgIpc) is 2.98. The average molecular weight is 630 g/mol. The molecular formula is C36H40FN3O4S. The topological polar surface area (TPSA) is 86.8 Å². The van der Waals surface area contributed by atoms with Crippen LogP contribution in [-0.2, 0) is 32.6 Å². The van der Waals surface area contributed by atoms with Crippen LogP contribution in [0.15, 0.2) is 108 Å². The molecular weight excluding hydrogens is 589 g/mol. The van der Waals surface area contributed by atoms with Crippen molar-refractivity contribution in [2.45, 2.75) is 64.1 Å². The summed E-state index contributed by atoms with van der Waals surface area (Å²) in [6.45, 7) is 8.83. The van der Waals surface area contributed by atoms with Crippen molar-refractivity contribution in [2.75, 3.05) is 10.8 Å². The van der Waals surface area contributed by atoms with Gasteiger partial charge in [-0.3, -0.25) is 13.9 Å². The van der Waals surface area contributed by atoms with E-state index in [2.05, 4.69) is 5.32 Å². The lowest BCUT2D eigenvalue weighted by Gasteiger charge is -2.35. The standard InChI is InChI=1S/C36H40FN3O4S/c1-26-14-20-32(21-15-26)45(43,44)40(31-18-16-30(37)17-19-31)25-34(41)39(24-29-13-9-10-27(2)22-29)33(35(42)38-36(3,4)5)23-28-11-7-6-8-12-28/h6-22,33H,23-25H2,1-5H3,(H,38,42)/t33-/m0/s1. The van der Waals surface area contributed by atoms with E-state index in [0.29, 0.717) is 0 Å². The summed E-state index contributed by atoms with van der Waals surface area (Å²) in [4.78, 5) is 29.9. The largest absolute Gasteiger partial charge is 0.350 e. The number of sulfonamides is 1. The number of aryl methyl sites for hydroxylation is 2. The Morgan fingerprint density at radius 1 is 0.800 bits per heavy atom. The van der Waals surface area contributed by atoms with Gasteiger partial charge in [0.15, 0.2) is 0 Å². The van der Waals surface area contributed by atoms with Gasteiger partial charge < -0.3 is 10.2 Å². The van der Waals surface area contributed by atoms with Crippen molar-refractivity contribution in [2.24, 2.45) is 0 Å². The van der Waals surface area contributed by atoms with Crippen LogP contribution in [0.5, 0.6) is 0 Å². The van der Waals surface area contributed by atoms with E-state index in [-0.39, 0.29) is 29.5 Å². The number of benzene rings is 4. The zero-order valence-corrected chi connectivity index (χ0v) is 27.1. The Kier molecular flexibility index (Phi) is 10.4. The van der Waals surface area contributed by atoms with E-state index in [9.17, 15) is 22.4 Å². The molecule has 4 aromatic rings. The van der Waals surface area contributed by atoms with E-state index in [0.717, 1.165) is 38.7 Å². The fourth-order valence-electron chi connectivity index (χ4n) is 4.99. The Hall–Kier alpha value is -4.50. The van der Waals surface area contributed by atoms with Gasteiger partial charge in [0.2, 0.25) is 11.8 Å². The lowest BCUT2D eigenvalue weighted by molar-refractivity contribution is -0.140. The van der Waals surface area contributed by atoms with Crippen LogP contribution in [0.25, 0.3) is 0 Å². The number of nitrogens with one attached hydrogen (secondary N) is 1. The maximum absolute atomic E-state index is 14.5. The summed E-state index contributed by atoms with van der Waals surface area (Å²) in [5, 5.41) is 3.02. The molecule has 9 heteroatoms. The zero-order valence-electron chi connectivity index (χ0n) is 26.3. The third kappa shape index (κ3) is 9.01. The lowest BCUT2D eigenvalue weighted by atomic mass is 10.0. The van der Waals surface area contributed by atoms with Crippen LogP contribution in [-0.4, -0.2) is 43.3 Å². The number of hydrogen-bond acceptors (Lipinski definition) is 4. The number of rotatable bonds is 11. The van der Waals surface area contributed by atoms with Gasteiger partial charge in [-0.15, -0.1) is 0 Å². The zero-order chi connectivity index (χ0) is 32.8. The van der Waals surface area contributed by atoms with Crippen LogP contribution >= 0.6 is 0 Å². The summed E-state index contributed by atoms with van der Waals surface area (Å²) in [7, 11) is -4.26. The first-order valence-corrected chi connectivity index (χ1v) is 16.2. The molecule has 0 aliphatic carbocycles. The van der Waals surface area contributed by atoms with E-state index < -0.39 is 39.9 Å². The number of nitrogens with zero attached hydrogens (tertiary/aromatic N) is 2.